The van der Waals surface area contributed by atoms with Crippen LogP contribution in [0, 0.1) is 0 Å². The Hall–Kier alpha value is -1.36. The van der Waals surface area contributed by atoms with Gasteiger partial charge in [0.2, 0.25) is 0 Å². The van der Waals surface area contributed by atoms with Gasteiger partial charge in [0.25, 0.3) is 0 Å². The van der Waals surface area contributed by atoms with Crippen molar-refractivity contribution in [3.8, 4) is 0 Å². The maximum atomic E-state index is 10.9. The van der Waals surface area contributed by atoms with Crippen molar-refractivity contribution in [3.05, 3.63) is 0 Å². The molecule has 104 valence electrons. The van der Waals surface area contributed by atoms with Crippen molar-refractivity contribution in [2.45, 2.75) is 27.7 Å². The Bertz CT molecular complexity index is 281. The first-order chi connectivity index (χ1) is 7.67. The summed E-state index contributed by atoms with van der Waals surface area (Å²) in [5.41, 5.74) is 0. The first kappa shape index (κ1) is 19.0. The van der Waals surface area contributed by atoms with Gasteiger partial charge in [-0.1, -0.05) is 0 Å². The topological polar surface area (TPSA) is 137 Å². The maximum Gasteiger partial charge on any atom is -0.412 e. The largest absolute Gasteiger partial charge is 0.412 e. The molecule has 0 unspecified atom stereocenters. The zero-order chi connectivity index (χ0) is 13.6. The predicted molar refractivity (Wildman–Crippen MR) is 56.4 cm³/mol. The molecule has 0 amide bonds. The molecule has 0 saturated carbocycles. The SMILES string of the molecule is CC(=O)[O][Sn]([O]C(C)=O)([O]C(C)=O)[O]C(C)=O.O. The fraction of sp³-hybridized carbons (Fsp3) is 0.500. The molecule has 10 heteroatoms. The van der Waals surface area contributed by atoms with Gasteiger partial charge in [-0.05, 0) is 0 Å². The molecule has 18 heavy (non-hydrogen) atoms. The first-order valence-electron chi connectivity index (χ1n) is 4.45. The van der Waals surface area contributed by atoms with E-state index >= 15 is 0 Å². The second-order valence-corrected chi connectivity index (χ2v) is 8.06. The Morgan fingerprint density at radius 1 is 0.611 bits per heavy atom. The monoisotopic (exact) mass is 374 g/mol. The Morgan fingerprint density at radius 2 is 0.778 bits per heavy atom. The zero-order valence-corrected chi connectivity index (χ0v) is 13.1. The number of hydrogen-bond acceptors (Lipinski definition) is 8. The molecule has 0 aromatic heterocycles. The summed E-state index contributed by atoms with van der Waals surface area (Å²) >= 11 is -5.28. The van der Waals surface area contributed by atoms with Crippen LogP contribution in [0.5, 0.6) is 0 Å². The van der Waals surface area contributed by atoms with Crippen molar-refractivity contribution >= 4 is 43.9 Å². The quantitative estimate of drug-likeness (QED) is 0.564. The van der Waals surface area contributed by atoms with E-state index in [-0.39, 0.29) is 5.48 Å². The molecule has 0 aromatic rings. The molecule has 0 fully saturated rings. The van der Waals surface area contributed by atoms with Crippen LogP contribution in [0.15, 0.2) is 0 Å². The minimum atomic E-state index is -5.28. The molecular weight excluding hydrogens is 359 g/mol. The minimum Gasteiger partial charge on any atom is -0.412 e. The molecule has 2 N–H and O–H groups in total. The van der Waals surface area contributed by atoms with Crippen LogP contribution in [0.3, 0.4) is 0 Å². The average Bonchev–Trinajstić information content (AvgIpc) is 1.95. The molecule has 0 heterocycles. The number of carbonyl (C=O) groups is 4. The molecule has 0 aliphatic carbocycles. The molecule has 0 radical (unpaired) electrons. The average molecular weight is 373 g/mol. The van der Waals surface area contributed by atoms with Crippen LogP contribution < -0.4 is 0 Å². The molecule has 0 rings (SSSR count). The van der Waals surface area contributed by atoms with Crippen LogP contribution in [-0.2, 0) is 31.5 Å². The van der Waals surface area contributed by atoms with Crippen LogP contribution in [-0.4, -0.2) is 49.4 Å². The van der Waals surface area contributed by atoms with E-state index in [9.17, 15) is 19.2 Å². The van der Waals surface area contributed by atoms with Gasteiger partial charge in [-0.3, -0.25) is 0 Å². The summed E-state index contributed by atoms with van der Waals surface area (Å²) in [6.07, 6.45) is 0. The normalized spacial score (nSPS) is 9.56. The van der Waals surface area contributed by atoms with Crippen LogP contribution in [0.4, 0.5) is 0 Å². The molecular formula is C8H14O9Sn. The van der Waals surface area contributed by atoms with Crippen LogP contribution >= 0.6 is 0 Å². The van der Waals surface area contributed by atoms with Crippen molar-refractivity contribution in [1.29, 1.82) is 0 Å². The molecule has 0 spiro atoms. The van der Waals surface area contributed by atoms with Crippen LogP contribution in [0.2, 0.25) is 0 Å². The Labute approximate surface area is 109 Å². The third-order valence-electron chi connectivity index (χ3n) is 1.07. The second-order valence-electron chi connectivity index (χ2n) is 2.87. The summed E-state index contributed by atoms with van der Waals surface area (Å²) in [7, 11) is 0. The summed E-state index contributed by atoms with van der Waals surface area (Å²) < 4.78 is 18.4. The van der Waals surface area contributed by atoms with E-state index in [0.29, 0.717) is 0 Å². The molecule has 0 bridgehead atoms. The second kappa shape index (κ2) is 7.87. The van der Waals surface area contributed by atoms with Gasteiger partial charge in [0.15, 0.2) is 0 Å². The van der Waals surface area contributed by atoms with E-state index in [2.05, 4.69) is 12.3 Å². The molecule has 0 aromatic carbocycles. The third kappa shape index (κ3) is 7.84. The minimum absolute atomic E-state index is 0. The van der Waals surface area contributed by atoms with E-state index in [1.165, 1.54) is 0 Å². The van der Waals surface area contributed by atoms with Gasteiger partial charge in [0.1, 0.15) is 0 Å². The van der Waals surface area contributed by atoms with Crippen molar-refractivity contribution < 1.29 is 37.0 Å². The smallest absolute Gasteiger partial charge is 0.412 e. The van der Waals surface area contributed by atoms with Crippen LogP contribution in [0.1, 0.15) is 27.7 Å². The standard InChI is InChI=1S/4C2H4O2.H2O.Sn/c4*1-2(3)4;;/h4*1H3,(H,3,4);1H2;/q;;;;;+4/p-4. The van der Waals surface area contributed by atoms with Crippen molar-refractivity contribution in [3.63, 3.8) is 0 Å². The molecule has 0 saturated heterocycles. The van der Waals surface area contributed by atoms with Crippen molar-refractivity contribution in [2.24, 2.45) is 0 Å². The van der Waals surface area contributed by atoms with E-state index in [4.69, 9.17) is 0 Å². The van der Waals surface area contributed by atoms with Gasteiger partial charge in [-0.2, -0.15) is 0 Å². The zero-order valence-electron chi connectivity index (χ0n) is 10.3. The molecule has 0 aliphatic heterocycles. The molecule has 0 aliphatic rings. The Morgan fingerprint density at radius 3 is 0.889 bits per heavy atom. The number of hydrogen-bond donors (Lipinski definition) is 0. The van der Waals surface area contributed by atoms with Crippen molar-refractivity contribution in [1.82, 2.24) is 0 Å². The van der Waals surface area contributed by atoms with Gasteiger partial charge < -0.3 is 5.48 Å². The summed E-state index contributed by atoms with van der Waals surface area (Å²) in [6.45, 7) is 4.01. The molecule has 9 nitrogen and oxygen atoms in total. The maximum absolute atomic E-state index is 10.9. The fourth-order valence-electron chi connectivity index (χ4n) is 0.829. The fourth-order valence-corrected chi connectivity index (χ4v) is 5.56. The van der Waals surface area contributed by atoms with Gasteiger partial charge in [-0.25, -0.2) is 0 Å². The van der Waals surface area contributed by atoms with Gasteiger partial charge >= 0.3 is 103 Å². The Balaban J connectivity index is 0. The van der Waals surface area contributed by atoms with E-state index in [1.807, 2.05) is 0 Å². The third-order valence-corrected chi connectivity index (χ3v) is 7.21. The summed E-state index contributed by atoms with van der Waals surface area (Å²) in [6, 6.07) is 0. The van der Waals surface area contributed by atoms with E-state index < -0.39 is 43.9 Å². The van der Waals surface area contributed by atoms with Crippen molar-refractivity contribution in [2.75, 3.05) is 0 Å². The van der Waals surface area contributed by atoms with E-state index in [1.54, 1.807) is 0 Å². The van der Waals surface area contributed by atoms with Gasteiger partial charge in [-0.15, -0.1) is 0 Å². The number of rotatable bonds is 4. The first-order valence-corrected chi connectivity index (χ1v) is 9.11. The summed E-state index contributed by atoms with van der Waals surface area (Å²) in [4.78, 5) is 43.4. The van der Waals surface area contributed by atoms with Crippen LogP contribution in [0.25, 0.3) is 0 Å². The summed E-state index contributed by atoms with van der Waals surface area (Å²) in [5, 5.41) is 0. The van der Waals surface area contributed by atoms with Gasteiger partial charge in [0.05, 0.1) is 0 Å². The number of carbonyl (C=O) groups excluding carboxylic acids is 4. The van der Waals surface area contributed by atoms with E-state index in [0.717, 1.165) is 27.7 Å². The Kier molecular flexibility index (Phi) is 8.30. The summed E-state index contributed by atoms with van der Waals surface area (Å²) in [5.74, 6) is -3.54. The molecule has 0 atom stereocenters. The van der Waals surface area contributed by atoms with Gasteiger partial charge in [0, 0.05) is 0 Å². The predicted octanol–water partition coefficient (Wildman–Crippen LogP) is -1.15.